The molecule has 1 heterocycles. The van der Waals surface area contributed by atoms with E-state index >= 15 is 0 Å². The molecule has 1 unspecified atom stereocenters. The molecule has 1 N–H and O–H groups in total. The van der Waals surface area contributed by atoms with E-state index in [-0.39, 0.29) is 5.97 Å². The van der Waals surface area contributed by atoms with Crippen LogP contribution in [-0.2, 0) is 15.1 Å². The molecule has 0 spiro atoms. The first-order valence-corrected chi connectivity index (χ1v) is 5.59. The summed E-state index contributed by atoms with van der Waals surface area (Å²) in [5.74, 6) is -0.185. The molecule has 0 saturated carbocycles. The zero-order valence-electron chi connectivity index (χ0n) is 9.75. The first-order valence-electron chi connectivity index (χ1n) is 5.59. The third-order valence-electron chi connectivity index (χ3n) is 3.20. The fraction of sp³-hybridized carbons (Fsp3) is 0.462. The number of methoxy groups -OCH3 is 1. The van der Waals surface area contributed by atoms with Gasteiger partial charge in [-0.15, -0.1) is 0 Å². The normalized spacial score (nSPS) is 24.4. The van der Waals surface area contributed by atoms with Crippen molar-refractivity contribution in [3.05, 3.63) is 35.4 Å². The van der Waals surface area contributed by atoms with E-state index in [4.69, 9.17) is 4.74 Å². The lowest BCUT2D eigenvalue weighted by Crippen LogP contribution is -2.45. The number of rotatable bonds is 2. The van der Waals surface area contributed by atoms with E-state index in [1.54, 1.807) is 0 Å². The number of hydrogen-bond acceptors (Lipinski definition) is 3. The number of nitrogens with one attached hydrogen (secondary N) is 1. The average molecular weight is 219 g/mol. The third kappa shape index (κ3) is 1.71. The molecule has 1 aromatic carbocycles. The zero-order chi connectivity index (χ0) is 11.6. The molecular formula is C13H17NO2. The number of aryl methyl sites for hydroxylation is 1. The summed E-state index contributed by atoms with van der Waals surface area (Å²) in [5.41, 5.74) is 1.55. The Balaban J connectivity index is 2.43. The lowest BCUT2D eigenvalue weighted by atomic mass is 9.87. The Morgan fingerprint density at radius 1 is 1.50 bits per heavy atom. The Morgan fingerprint density at radius 3 is 2.88 bits per heavy atom. The minimum atomic E-state index is -0.624. The molecule has 0 amide bonds. The lowest BCUT2D eigenvalue weighted by molar-refractivity contribution is -0.148. The fourth-order valence-corrected chi connectivity index (χ4v) is 2.37. The van der Waals surface area contributed by atoms with E-state index in [1.807, 2.05) is 25.1 Å². The molecule has 0 radical (unpaired) electrons. The minimum Gasteiger partial charge on any atom is -0.467 e. The smallest absolute Gasteiger partial charge is 0.330 e. The van der Waals surface area contributed by atoms with Crippen LogP contribution in [0.1, 0.15) is 24.0 Å². The van der Waals surface area contributed by atoms with E-state index < -0.39 is 5.54 Å². The third-order valence-corrected chi connectivity index (χ3v) is 3.20. The monoisotopic (exact) mass is 219 g/mol. The molecule has 0 aromatic heterocycles. The molecule has 1 atom stereocenters. The highest BCUT2D eigenvalue weighted by atomic mass is 16.5. The van der Waals surface area contributed by atoms with Crippen molar-refractivity contribution in [1.82, 2.24) is 5.32 Å². The second-order valence-electron chi connectivity index (χ2n) is 4.30. The molecule has 2 rings (SSSR count). The molecular weight excluding hydrogens is 202 g/mol. The summed E-state index contributed by atoms with van der Waals surface area (Å²) in [5, 5.41) is 3.29. The molecule has 0 bridgehead atoms. The van der Waals surface area contributed by atoms with Crippen LogP contribution in [0.5, 0.6) is 0 Å². The Bertz CT molecular complexity index is 395. The van der Waals surface area contributed by atoms with Crippen molar-refractivity contribution in [3.63, 3.8) is 0 Å². The van der Waals surface area contributed by atoms with Crippen LogP contribution in [0.25, 0.3) is 0 Å². The lowest BCUT2D eigenvalue weighted by Gasteiger charge is -2.27. The van der Waals surface area contributed by atoms with Gasteiger partial charge in [0.25, 0.3) is 0 Å². The Hall–Kier alpha value is -1.35. The van der Waals surface area contributed by atoms with Crippen molar-refractivity contribution in [2.24, 2.45) is 0 Å². The van der Waals surface area contributed by atoms with Gasteiger partial charge in [0.15, 0.2) is 0 Å². The largest absolute Gasteiger partial charge is 0.467 e. The maximum absolute atomic E-state index is 12.0. The van der Waals surface area contributed by atoms with Gasteiger partial charge < -0.3 is 4.74 Å². The molecule has 86 valence electrons. The van der Waals surface area contributed by atoms with Crippen LogP contribution in [0.4, 0.5) is 0 Å². The van der Waals surface area contributed by atoms with Gasteiger partial charge in [0.05, 0.1) is 7.11 Å². The fourth-order valence-electron chi connectivity index (χ4n) is 2.37. The van der Waals surface area contributed by atoms with Crippen LogP contribution >= 0.6 is 0 Å². The van der Waals surface area contributed by atoms with Crippen LogP contribution in [-0.4, -0.2) is 19.6 Å². The topological polar surface area (TPSA) is 38.3 Å². The molecule has 1 aliphatic heterocycles. The molecule has 3 heteroatoms. The SMILES string of the molecule is COC(=O)C1(c2cccc(C)c2)CCCN1. The van der Waals surface area contributed by atoms with Crippen LogP contribution in [0.15, 0.2) is 24.3 Å². The van der Waals surface area contributed by atoms with E-state index in [2.05, 4.69) is 11.4 Å². The second kappa shape index (κ2) is 4.26. The first-order chi connectivity index (χ1) is 7.69. The second-order valence-corrected chi connectivity index (χ2v) is 4.30. The molecule has 1 fully saturated rings. The average Bonchev–Trinajstić information content (AvgIpc) is 2.78. The zero-order valence-corrected chi connectivity index (χ0v) is 9.75. The Labute approximate surface area is 95.8 Å². The highest BCUT2D eigenvalue weighted by Crippen LogP contribution is 2.32. The van der Waals surface area contributed by atoms with Gasteiger partial charge >= 0.3 is 5.97 Å². The number of ether oxygens (including phenoxy) is 1. The number of esters is 1. The van der Waals surface area contributed by atoms with Crippen molar-refractivity contribution in [2.75, 3.05) is 13.7 Å². The van der Waals surface area contributed by atoms with Crippen LogP contribution in [0, 0.1) is 6.92 Å². The summed E-state index contributed by atoms with van der Waals surface area (Å²) < 4.78 is 4.93. The van der Waals surface area contributed by atoms with Gasteiger partial charge in [-0.3, -0.25) is 5.32 Å². The maximum atomic E-state index is 12.0. The number of carbonyl (C=O) groups excluding carboxylic acids is 1. The number of benzene rings is 1. The number of carbonyl (C=O) groups is 1. The Kier molecular flexibility index (Phi) is 2.97. The summed E-state index contributed by atoms with van der Waals surface area (Å²) >= 11 is 0. The number of hydrogen-bond donors (Lipinski definition) is 1. The van der Waals surface area contributed by atoms with E-state index in [0.29, 0.717) is 0 Å². The quantitative estimate of drug-likeness (QED) is 0.770. The molecule has 16 heavy (non-hydrogen) atoms. The molecule has 1 aliphatic rings. The summed E-state index contributed by atoms with van der Waals surface area (Å²) in [6.07, 6.45) is 1.81. The van der Waals surface area contributed by atoms with Gasteiger partial charge in [-0.1, -0.05) is 29.8 Å². The standard InChI is InChI=1S/C13H17NO2/c1-10-5-3-6-11(9-10)13(12(15)16-2)7-4-8-14-13/h3,5-6,9,14H,4,7-8H2,1-2H3. The summed E-state index contributed by atoms with van der Waals surface area (Å²) in [7, 11) is 1.44. The van der Waals surface area contributed by atoms with Gasteiger partial charge in [0.2, 0.25) is 0 Å². The van der Waals surface area contributed by atoms with Crippen molar-refractivity contribution in [1.29, 1.82) is 0 Å². The van der Waals surface area contributed by atoms with Gasteiger partial charge in [0.1, 0.15) is 5.54 Å². The van der Waals surface area contributed by atoms with Gasteiger partial charge in [-0.25, -0.2) is 4.79 Å². The van der Waals surface area contributed by atoms with Crippen molar-refractivity contribution in [2.45, 2.75) is 25.3 Å². The molecule has 3 nitrogen and oxygen atoms in total. The van der Waals surface area contributed by atoms with Crippen LogP contribution in [0.3, 0.4) is 0 Å². The predicted octanol–water partition coefficient (Wildman–Crippen LogP) is 1.75. The van der Waals surface area contributed by atoms with Gasteiger partial charge in [0, 0.05) is 0 Å². The summed E-state index contributed by atoms with van der Waals surface area (Å²) in [6, 6.07) is 8.05. The summed E-state index contributed by atoms with van der Waals surface area (Å²) in [6.45, 7) is 2.90. The van der Waals surface area contributed by atoms with Gasteiger partial charge in [-0.05, 0) is 31.9 Å². The molecule has 1 aromatic rings. The Morgan fingerprint density at radius 2 is 2.31 bits per heavy atom. The highest BCUT2D eigenvalue weighted by molar-refractivity contribution is 5.83. The van der Waals surface area contributed by atoms with Crippen LogP contribution < -0.4 is 5.32 Å². The van der Waals surface area contributed by atoms with Crippen molar-refractivity contribution < 1.29 is 9.53 Å². The van der Waals surface area contributed by atoms with E-state index in [1.165, 1.54) is 7.11 Å². The van der Waals surface area contributed by atoms with Crippen molar-refractivity contribution in [3.8, 4) is 0 Å². The summed E-state index contributed by atoms with van der Waals surface area (Å²) in [4.78, 5) is 12.0. The van der Waals surface area contributed by atoms with Gasteiger partial charge in [-0.2, -0.15) is 0 Å². The first kappa shape index (κ1) is 11.1. The maximum Gasteiger partial charge on any atom is 0.330 e. The molecule has 1 saturated heterocycles. The van der Waals surface area contributed by atoms with Crippen molar-refractivity contribution >= 4 is 5.97 Å². The van der Waals surface area contributed by atoms with Crippen LogP contribution in [0.2, 0.25) is 0 Å². The molecule has 0 aliphatic carbocycles. The predicted molar refractivity (Wildman–Crippen MR) is 62.1 cm³/mol. The van der Waals surface area contributed by atoms with E-state index in [9.17, 15) is 4.79 Å². The minimum absolute atomic E-state index is 0.185. The highest BCUT2D eigenvalue weighted by Gasteiger charge is 2.43. The van der Waals surface area contributed by atoms with E-state index in [0.717, 1.165) is 30.5 Å².